The number of aryl methyl sites for hydroxylation is 1. The average molecular weight is 421 g/mol. The van der Waals surface area contributed by atoms with Crippen molar-refractivity contribution in [2.45, 2.75) is 65.3 Å². The van der Waals surface area contributed by atoms with Gasteiger partial charge in [-0.15, -0.1) is 0 Å². The third-order valence-electron chi connectivity index (χ3n) is 4.66. The van der Waals surface area contributed by atoms with Crippen molar-refractivity contribution in [3.63, 3.8) is 0 Å². The maximum Gasteiger partial charge on any atom is 0.222 e. The van der Waals surface area contributed by atoms with Gasteiger partial charge in [0.05, 0.1) is 12.4 Å². The lowest BCUT2D eigenvalue weighted by atomic mass is 9.96. The van der Waals surface area contributed by atoms with Crippen molar-refractivity contribution in [2.24, 2.45) is 5.92 Å². The monoisotopic (exact) mass is 420 g/mol. The highest BCUT2D eigenvalue weighted by Crippen LogP contribution is 2.19. The third-order valence-corrected chi connectivity index (χ3v) is 4.66. The largest absolute Gasteiger partial charge is 0.388 e. The molecular weight excluding hydrogens is 383 g/mol. The van der Waals surface area contributed by atoms with Crippen LogP contribution in [0, 0.1) is 18.7 Å². The second-order valence-corrected chi connectivity index (χ2v) is 7.50. The molecule has 0 aliphatic heterocycles. The van der Waals surface area contributed by atoms with Crippen molar-refractivity contribution >= 4 is 11.8 Å². The van der Waals surface area contributed by atoms with Gasteiger partial charge in [-0.1, -0.05) is 39.5 Å². The zero-order chi connectivity index (χ0) is 22.2. The average Bonchev–Trinajstić information content (AvgIpc) is 2.75. The molecule has 7 nitrogen and oxygen atoms in total. The summed E-state index contributed by atoms with van der Waals surface area (Å²) in [6, 6.07) is 2.37. The van der Waals surface area contributed by atoms with E-state index in [0.29, 0.717) is 17.9 Å². The molecule has 1 aliphatic rings. The second-order valence-electron chi connectivity index (χ2n) is 7.50. The Labute approximate surface area is 180 Å². The molecule has 0 saturated heterocycles. The number of hydrogen-bond donors (Lipinski definition) is 2. The highest BCUT2D eigenvalue weighted by Gasteiger charge is 2.13. The van der Waals surface area contributed by atoms with E-state index in [1.165, 1.54) is 50.9 Å². The number of nitrogens with zero attached hydrogens (tertiary/aromatic N) is 4. The molecule has 168 valence electrons. The van der Waals surface area contributed by atoms with E-state index in [0.717, 1.165) is 18.2 Å². The minimum absolute atomic E-state index is 0.390. The quantitative estimate of drug-likeness (QED) is 0.690. The predicted octanol–water partition coefficient (Wildman–Crippen LogP) is 4.87. The smallest absolute Gasteiger partial charge is 0.222 e. The molecule has 1 aliphatic carbocycles. The van der Waals surface area contributed by atoms with Gasteiger partial charge in [-0.2, -0.15) is 0 Å². The number of anilines is 2. The van der Waals surface area contributed by atoms with Gasteiger partial charge in [-0.3, -0.25) is 0 Å². The molecule has 0 radical (unpaired) electrons. The number of hydrogen-bond acceptors (Lipinski definition) is 7. The van der Waals surface area contributed by atoms with Crippen LogP contribution >= 0.6 is 0 Å². The lowest BCUT2D eigenvalue weighted by Crippen LogP contribution is -2.23. The van der Waals surface area contributed by atoms with Crippen LogP contribution in [0.1, 0.15) is 58.2 Å². The van der Waals surface area contributed by atoms with E-state index in [4.69, 9.17) is 0 Å². The van der Waals surface area contributed by atoms with Gasteiger partial charge in [0.25, 0.3) is 0 Å². The Morgan fingerprint density at radius 1 is 1.13 bits per heavy atom. The van der Waals surface area contributed by atoms with Crippen LogP contribution in [0.5, 0.6) is 0 Å². The van der Waals surface area contributed by atoms with Crippen molar-refractivity contribution in [3.8, 4) is 0 Å². The molecule has 0 spiro atoms. The predicted molar refractivity (Wildman–Crippen MR) is 120 cm³/mol. The van der Waals surface area contributed by atoms with Gasteiger partial charge in [-0.25, -0.2) is 24.3 Å². The van der Waals surface area contributed by atoms with E-state index >= 15 is 0 Å². The highest BCUT2D eigenvalue weighted by atomic mass is 19.1. The molecule has 1 unspecified atom stereocenters. The summed E-state index contributed by atoms with van der Waals surface area (Å²) in [5.41, 5.74) is 0. The van der Waals surface area contributed by atoms with Gasteiger partial charge in [-0.05, 0) is 31.7 Å². The Balaban J connectivity index is 0.000000266. The third kappa shape index (κ3) is 11.6. The minimum atomic E-state index is -0.390. The number of halogens is 1. The molecule has 1 fully saturated rings. The topological polar surface area (TPSA) is 84.9 Å². The van der Waals surface area contributed by atoms with Crippen LogP contribution in [0.3, 0.4) is 0 Å². The number of nitrogens with one attached hydrogen (secondary N) is 2. The van der Waals surface area contributed by atoms with Gasteiger partial charge >= 0.3 is 0 Å². The summed E-state index contributed by atoms with van der Waals surface area (Å²) in [5, 5.41) is 6.50. The van der Waals surface area contributed by atoms with Crippen molar-refractivity contribution in [3.05, 3.63) is 36.3 Å². The summed E-state index contributed by atoms with van der Waals surface area (Å²) in [6.07, 6.45) is 11.5. The first-order chi connectivity index (χ1) is 14.5. The molecule has 30 heavy (non-hydrogen) atoms. The van der Waals surface area contributed by atoms with E-state index in [1.807, 2.05) is 13.0 Å². The lowest BCUT2D eigenvalue weighted by molar-refractivity contribution is 0.277. The van der Waals surface area contributed by atoms with E-state index < -0.39 is 0 Å². The fraction of sp³-hybridized carbons (Fsp3) is 0.636. The first-order valence-corrected chi connectivity index (χ1v) is 10.7. The zero-order valence-corrected chi connectivity index (χ0v) is 19.0. The van der Waals surface area contributed by atoms with E-state index in [9.17, 15) is 4.39 Å². The summed E-state index contributed by atoms with van der Waals surface area (Å²) in [6.45, 7) is 7.29. The minimum Gasteiger partial charge on any atom is -0.388 e. The fourth-order valence-electron chi connectivity index (χ4n) is 2.79. The van der Waals surface area contributed by atoms with Crippen LogP contribution in [0.2, 0.25) is 0 Å². The highest BCUT2D eigenvalue weighted by molar-refractivity contribution is 5.32. The van der Waals surface area contributed by atoms with Crippen molar-refractivity contribution < 1.29 is 9.13 Å². The van der Waals surface area contributed by atoms with Crippen LogP contribution in [-0.2, 0) is 4.74 Å². The molecule has 0 bridgehead atoms. The SMILES string of the molecule is CCC(C)CNc1ccnc(C)n1.COC.Fc1cnc(NC2CCCCC2)nc1. The van der Waals surface area contributed by atoms with Gasteiger partial charge in [0.2, 0.25) is 5.95 Å². The van der Waals surface area contributed by atoms with E-state index in [1.54, 1.807) is 20.4 Å². The molecule has 8 heteroatoms. The fourth-order valence-corrected chi connectivity index (χ4v) is 2.79. The number of ether oxygens (including phenoxy) is 1. The van der Waals surface area contributed by atoms with E-state index in [-0.39, 0.29) is 5.82 Å². The molecule has 3 rings (SSSR count). The van der Waals surface area contributed by atoms with Crippen LogP contribution < -0.4 is 10.6 Å². The van der Waals surface area contributed by atoms with E-state index in [2.05, 4.69) is 49.2 Å². The van der Waals surface area contributed by atoms with Crippen molar-refractivity contribution in [2.75, 3.05) is 31.4 Å². The molecule has 0 aromatic carbocycles. The summed E-state index contributed by atoms with van der Waals surface area (Å²) >= 11 is 0. The number of aromatic nitrogens is 4. The maximum absolute atomic E-state index is 12.5. The summed E-state index contributed by atoms with van der Waals surface area (Å²) in [7, 11) is 3.25. The molecule has 1 saturated carbocycles. The summed E-state index contributed by atoms with van der Waals surface area (Å²) in [5.74, 6) is 2.58. The Hall–Kier alpha value is -2.35. The first-order valence-electron chi connectivity index (χ1n) is 10.7. The number of methoxy groups -OCH3 is 1. The maximum atomic E-state index is 12.5. The molecule has 1 atom stereocenters. The lowest BCUT2D eigenvalue weighted by Gasteiger charge is -2.22. The molecule has 0 amide bonds. The van der Waals surface area contributed by atoms with Crippen LogP contribution in [-0.4, -0.2) is 46.7 Å². The van der Waals surface area contributed by atoms with Crippen LogP contribution in [0.25, 0.3) is 0 Å². The summed E-state index contributed by atoms with van der Waals surface area (Å²) in [4.78, 5) is 16.0. The molecule has 2 heterocycles. The van der Waals surface area contributed by atoms with Crippen LogP contribution in [0.4, 0.5) is 16.2 Å². The molecule has 2 aromatic heterocycles. The number of rotatable bonds is 6. The van der Waals surface area contributed by atoms with Crippen molar-refractivity contribution in [1.29, 1.82) is 0 Å². The standard InChI is InChI=1S/C10H14FN3.C10H17N3.C2H6O/c11-8-6-12-10(13-7-8)14-9-4-2-1-3-5-9;1-4-8(2)7-12-10-5-6-11-9(3)13-10;1-3-2/h6-7,9H,1-5H2,(H,12,13,14);5-6,8H,4,7H2,1-3H3,(H,11,12,13);1-2H3. The van der Waals surface area contributed by atoms with Gasteiger partial charge in [0.1, 0.15) is 11.6 Å². The Morgan fingerprint density at radius 3 is 2.33 bits per heavy atom. The van der Waals surface area contributed by atoms with Crippen LogP contribution in [0.15, 0.2) is 24.7 Å². The molecule has 2 N–H and O–H groups in total. The Morgan fingerprint density at radius 2 is 1.77 bits per heavy atom. The summed E-state index contributed by atoms with van der Waals surface area (Å²) < 4.78 is 16.8. The Bertz CT molecular complexity index is 680. The zero-order valence-electron chi connectivity index (χ0n) is 19.0. The molecule has 2 aromatic rings. The van der Waals surface area contributed by atoms with Crippen molar-refractivity contribution in [1.82, 2.24) is 19.9 Å². The normalized spacial score (nSPS) is 14.5. The van der Waals surface area contributed by atoms with Gasteiger partial charge < -0.3 is 15.4 Å². The van der Waals surface area contributed by atoms with Gasteiger partial charge in [0, 0.05) is 33.0 Å². The molecular formula is C22H37FN6O. The first kappa shape index (κ1) is 25.7. The Kier molecular flexibility index (Phi) is 13.3. The second kappa shape index (κ2) is 15.5. The van der Waals surface area contributed by atoms with Gasteiger partial charge in [0.15, 0.2) is 5.82 Å².